The van der Waals surface area contributed by atoms with E-state index in [9.17, 15) is 22.4 Å². The molecular weight excluding hydrogens is 338 g/mol. The average molecular weight is 357 g/mol. The van der Waals surface area contributed by atoms with Gasteiger partial charge in [0.2, 0.25) is 0 Å². The first-order valence-corrected chi connectivity index (χ1v) is 7.61. The van der Waals surface area contributed by atoms with E-state index in [4.69, 9.17) is 10.8 Å². The van der Waals surface area contributed by atoms with Gasteiger partial charge in [-0.2, -0.15) is 13.2 Å². The number of carboxylic acid groups (broad SMARTS) is 1. The van der Waals surface area contributed by atoms with E-state index in [1.165, 1.54) is 24.3 Å². The van der Waals surface area contributed by atoms with E-state index in [2.05, 4.69) is 0 Å². The van der Waals surface area contributed by atoms with Crippen LogP contribution in [0, 0.1) is 5.82 Å². The molecule has 0 radical (unpaired) electrons. The number of hydrogen-bond acceptors (Lipinski definition) is 2. The van der Waals surface area contributed by atoms with E-state index in [1.54, 1.807) is 0 Å². The lowest BCUT2D eigenvalue weighted by molar-refractivity contribution is -0.139. The summed E-state index contributed by atoms with van der Waals surface area (Å²) in [4.78, 5) is 11.2. The third kappa shape index (κ3) is 5.29. The Balaban J connectivity index is 0.00000151. The summed E-state index contributed by atoms with van der Waals surface area (Å²) in [7, 11) is 0. The number of alkyl halides is 3. The van der Waals surface area contributed by atoms with Crippen LogP contribution in [-0.2, 0) is 11.0 Å². The fourth-order valence-corrected chi connectivity index (χ4v) is 2.30. The van der Waals surface area contributed by atoms with Crippen LogP contribution < -0.4 is 5.73 Å². The number of carboxylic acids is 1. The van der Waals surface area contributed by atoms with E-state index < -0.39 is 35.5 Å². The highest BCUT2D eigenvalue weighted by Gasteiger charge is 2.32. The zero-order valence-corrected chi connectivity index (χ0v) is 13.7. The minimum atomic E-state index is -4.49. The Kier molecular flexibility index (Phi) is 7.11. The smallest absolute Gasteiger partial charge is 0.416 e. The predicted octanol–water partition coefficient (Wildman–Crippen LogP) is 4.41. The fourth-order valence-electron chi connectivity index (χ4n) is 2.30. The van der Waals surface area contributed by atoms with Gasteiger partial charge >= 0.3 is 12.1 Å². The SMILES string of the molecule is CC.N[C@H](C(=O)O)[C@@H](c1ccc(F)cc1)c1ccc(C(F)(F)F)cc1. The van der Waals surface area contributed by atoms with Crippen molar-refractivity contribution in [2.24, 2.45) is 5.73 Å². The first kappa shape index (κ1) is 20.6. The van der Waals surface area contributed by atoms with Crippen molar-refractivity contribution >= 4 is 5.97 Å². The fraction of sp³-hybridized carbons (Fsp3) is 0.278. The first-order chi connectivity index (χ1) is 11.7. The minimum absolute atomic E-state index is 0.305. The highest BCUT2D eigenvalue weighted by Crippen LogP contribution is 2.32. The van der Waals surface area contributed by atoms with Crippen LogP contribution in [-0.4, -0.2) is 17.1 Å². The van der Waals surface area contributed by atoms with Crippen molar-refractivity contribution < 1.29 is 27.5 Å². The zero-order valence-electron chi connectivity index (χ0n) is 13.7. The highest BCUT2D eigenvalue weighted by molar-refractivity contribution is 5.75. The van der Waals surface area contributed by atoms with Gasteiger partial charge in [-0.05, 0) is 35.4 Å². The van der Waals surface area contributed by atoms with Gasteiger partial charge in [0.1, 0.15) is 11.9 Å². The van der Waals surface area contributed by atoms with Gasteiger partial charge in [0.15, 0.2) is 0 Å². The maximum Gasteiger partial charge on any atom is 0.416 e. The van der Waals surface area contributed by atoms with Crippen molar-refractivity contribution in [1.82, 2.24) is 0 Å². The topological polar surface area (TPSA) is 63.3 Å². The molecular formula is C18H19F4NO2. The van der Waals surface area contributed by atoms with Gasteiger partial charge in [-0.1, -0.05) is 38.1 Å². The Morgan fingerprint density at radius 3 is 1.72 bits per heavy atom. The molecule has 0 aliphatic carbocycles. The Labute approximate surface area is 143 Å². The molecule has 3 N–H and O–H groups in total. The molecule has 0 aromatic heterocycles. The minimum Gasteiger partial charge on any atom is -0.480 e. The van der Waals surface area contributed by atoms with Gasteiger partial charge in [-0.15, -0.1) is 0 Å². The van der Waals surface area contributed by atoms with E-state index in [0.29, 0.717) is 11.1 Å². The van der Waals surface area contributed by atoms with Crippen molar-refractivity contribution in [3.8, 4) is 0 Å². The molecule has 0 aliphatic rings. The van der Waals surface area contributed by atoms with Crippen molar-refractivity contribution in [2.45, 2.75) is 32.0 Å². The van der Waals surface area contributed by atoms with Gasteiger partial charge < -0.3 is 10.8 Å². The zero-order chi connectivity index (χ0) is 19.2. The van der Waals surface area contributed by atoms with Crippen molar-refractivity contribution in [3.05, 3.63) is 71.0 Å². The number of nitrogens with two attached hydrogens (primary N) is 1. The summed E-state index contributed by atoms with van der Waals surface area (Å²) in [5.74, 6) is -2.71. The number of aliphatic carboxylic acids is 1. The lowest BCUT2D eigenvalue weighted by Crippen LogP contribution is -2.37. The molecule has 0 heterocycles. The molecule has 2 aromatic rings. The van der Waals surface area contributed by atoms with Crippen LogP contribution in [0.2, 0.25) is 0 Å². The summed E-state index contributed by atoms with van der Waals surface area (Å²) in [5.41, 5.74) is 5.54. The Morgan fingerprint density at radius 1 is 0.960 bits per heavy atom. The molecule has 0 fully saturated rings. The lowest BCUT2D eigenvalue weighted by Gasteiger charge is -2.22. The van der Waals surface area contributed by atoms with Gasteiger partial charge in [-0.25, -0.2) is 4.39 Å². The Morgan fingerprint density at radius 2 is 1.36 bits per heavy atom. The lowest BCUT2D eigenvalue weighted by atomic mass is 9.85. The molecule has 0 aliphatic heterocycles. The van der Waals surface area contributed by atoms with E-state index in [0.717, 1.165) is 24.3 Å². The van der Waals surface area contributed by atoms with E-state index in [1.807, 2.05) is 13.8 Å². The molecule has 2 atom stereocenters. The summed E-state index contributed by atoms with van der Waals surface area (Å²) in [5, 5.41) is 9.13. The van der Waals surface area contributed by atoms with Gasteiger partial charge in [0, 0.05) is 5.92 Å². The number of carbonyl (C=O) groups is 1. The van der Waals surface area contributed by atoms with Crippen molar-refractivity contribution in [2.75, 3.05) is 0 Å². The number of hydrogen-bond donors (Lipinski definition) is 2. The van der Waals surface area contributed by atoms with Crippen molar-refractivity contribution in [3.63, 3.8) is 0 Å². The molecule has 2 aromatic carbocycles. The third-order valence-corrected chi connectivity index (χ3v) is 3.47. The molecule has 7 heteroatoms. The van der Waals surface area contributed by atoms with Crippen LogP contribution >= 0.6 is 0 Å². The van der Waals surface area contributed by atoms with Crippen LogP contribution in [0.4, 0.5) is 17.6 Å². The standard InChI is InChI=1S/C16H13F4NO2.C2H6/c17-12-7-3-10(4-8-12)13(14(21)15(22)23)9-1-5-11(6-2-9)16(18,19)20;1-2/h1-8,13-14H,21H2,(H,22,23);1-2H3/t13-,14+;/m1./s1. The molecule has 0 unspecified atom stereocenters. The molecule has 0 bridgehead atoms. The summed E-state index contributed by atoms with van der Waals surface area (Å²) in [6, 6.07) is 7.71. The predicted molar refractivity (Wildman–Crippen MR) is 86.6 cm³/mol. The quantitative estimate of drug-likeness (QED) is 0.797. The van der Waals surface area contributed by atoms with E-state index in [-0.39, 0.29) is 0 Å². The van der Waals surface area contributed by atoms with Crippen LogP contribution in [0.1, 0.15) is 36.5 Å². The molecule has 136 valence electrons. The maximum atomic E-state index is 13.0. The molecule has 2 rings (SSSR count). The van der Waals surface area contributed by atoms with Crippen LogP contribution in [0.5, 0.6) is 0 Å². The maximum absolute atomic E-state index is 13.0. The van der Waals surface area contributed by atoms with E-state index >= 15 is 0 Å². The first-order valence-electron chi connectivity index (χ1n) is 7.61. The van der Waals surface area contributed by atoms with Crippen LogP contribution in [0.3, 0.4) is 0 Å². The molecule has 25 heavy (non-hydrogen) atoms. The molecule has 3 nitrogen and oxygen atoms in total. The monoisotopic (exact) mass is 357 g/mol. The molecule has 0 saturated heterocycles. The summed E-state index contributed by atoms with van der Waals surface area (Å²) < 4.78 is 50.9. The second-order valence-electron chi connectivity index (χ2n) is 5.01. The molecule has 0 saturated carbocycles. The Bertz CT molecular complexity index is 682. The Hall–Kier alpha value is -2.41. The van der Waals surface area contributed by atoms with Crippen LogP contribution in [0.25, 0.3) is 0 Å². The summed E-state index contributed by atoms with van der Waals surface area (Å²) in [6.07, 6.45) is -4.49. The molecule has 0 amide bonds. The van der Waals surface area contributed by atoms with Crippen molar-refractivity contribution in [1.29, 1.82) is 0 Å². The summed E-state index contributed by atoms with van der Waals surface area (Å²) in [6.45, 7) is 4.00. The normalized spacial score (nSPS) is 13.4. The largest absolute Gasteiger partial charge is 0.480 e. The van der Waals surface area contributed by atoms with Crippen LogP contribution in [0.15, 0.2) is 48.5 Å². The second-order valence-corrected chi connectivity index (χ2v) is 5.01. The number of rotatable bonds is 4. The summed E-state index contributed by atoms with van der Waals surface area (Å²) >= 11 is 0. The van der Waals surface area contributed by atoms with Gasteiger partial charge in [-0.3, -0.25) is 4.79 Å². The third-order valence-electron chi connectivity index (χ3n) is 3.47. The van der Waals surface area contributed by atoms with Gasteiger partial charge in [0.05, 0.1) is 5.56 Å². The number of benzene rings is 2. The van der Waals surface area contributed by atoms with Gasteiger partial charge in [0.25, 0.3) is 0 Å². The highest BCUT2D eigenvalue weighted by atomic mass is 19.4. The molecule has 0 spiro atoms. The number of halogens is 4. The second kappa shape index (κ2) is 8.62. The average Bonchev–Trinajstić information content (AvgIpc) is 2.58.